The lowest BCUT2D eigenvalue weighted by Gasteiger charge is -2.21. The SMILES string of the molecule is Cc1ccc(SSCCC(=O)N2CCC[C@H]2C(=O)O)cc1. The average Bonchev–Trinajstić information content (AvgIpc) is 2.95. The van der Waals surface area contributed by atoms with Crippen molar-refractivity contribution in [2.45, 2.75) is 37.1 Å². The molecule has 0 spiro atoms. The molecular weight excluding hydrogens is 306 g/mol. The Morgan fingerprint density at radius 2 is 2.05 bits per heavy atom. The van der Waals surface area contributed by atoms with E-state index >= 15 is 0 Å². The maximum Gasteiger partial charge on any atom is 0.326 e. The summed E-state index contributed by atoms with van der Waals surface area (Å²) in [4.78, 5) is 25.8. The molecule has 0 bridgehead atoms. The lowest BCUT2D eigenvalue weighted by Crippen LogP contribution is -2.40. The van der Waals surface area contributed by atoms with Crippen LogP contribution in [0.1, 0.15) is 24.8 Å². The van der Waals surface area contributed by atoms with Gasteiger partial charge in [-0.25, -0.2) is 4.79 Å². The average molecular weight is 325 g/mol. The molecule has 1 aromatic carbocycles. The van der Waals surface area contributed by atoms with Crippen LogP contribution in [-0.4, -0.2) is 40.2 Å². The number of rotatable bonds is 6. The highest BCUT2D eigenvalue weighted by Crippen LogP contribution is 2.31. The zero-order valence-electron chi connectivity index (χ0n) is 11.9. The second-order valence-corrected chi connectivity index (χ2v) is 7.54. The van der Waals surface area contributed by atoms with Gasteiger partial charge >= 0.3 is 5.97 Å². The molecule has 1 amide bonds. The van der Waals surface area contributed by atoms with Gasteiger partial charge in [-0.2, -0.15) is 0 Å². The highest BCUT2D eigenvalue weighted by Gasteiger charge is 2.33. The molecule has 0 aliphatic carbocycles. The summed E-state index contributed by atoms with van der Waals surface area (Å²) >= 11 is 0. The number of carboxylic acids is 1. The van der Waals surface area contributed by atoms with E-state index in [0.717, 1.165) is 6.42 Å². The fourth-order valence-corrected chi connectivity index (χ4v) is 4.26. The summed E-state index contributed by atoms with van der Waals surface area (Å²) in [5.74, 6) is -0.236. The van der Waals surface area contributed by atoms with Gasteiger partial charge in [0.05, 0.1) is 0 Å². The van der Waals surface area contributed by atoms with E-state index in [1.165, 1.54) is 15.4 Å². The van der Waals surface area contributed by atoms with E-state index in [-0.39, 0.29) is 5.91 Å². The molecule has 114 valence electrons. The van der Waals surface area contributed by atoms with Gasteiger partial charge in [0.25, 0.3) is 0 Å². The third kappa shape index (κ3) is 4.68. The van der Waals surface area contributed by atoms with Crippen molar-refractivity contribution in [1.82, 2.24) is 4.90 Å². The highest BCUT2D eigenvalue weighted by atomic mass is 33.1. The third-order valence-corrected chi connectivity index (χ3v) is 5.82. The van der Waals surface area contributed by atoms with Crippen molar-refractivity contribution < 1.29 is 14.7 Å². The fourth-order valence-electron chi connectivity index (χ4n) is 2.30. The van der Waals surface area contributed by atoms with Crippen molar-refractivity contribution in [1.29, 1.82) is 0 Å². The van der Waals surface area contributed by atoms with Crippen LogP contribution in [0.4, 0.5) is 0 Å². The van der Waals surface area contributed by atoms with Crippen molar-refractivity contribution in [3.63, 3.8) is 0 Å². The minimum absolute atomic E-state index is 0.0445. The number of nitrogens with zero attached hydrogens (tertiary/aromatic N) is 1. The van der Waals surface area contributed by atoms with Crippen molar-refractivity contribution >= 4 is 33.5 Å². The van der Waals surface area contributed by atoms with Gasteiger partial charge < -0.3 is 10.0 Å². The van der Waals surface area contributed by atoms with Crippen LogP contribution < -0.4 is 0 Å². The lowest BCUT2D eigenvalue weighted by atomic mass is 10.2. The van der Waals surface area contributed by atoms with Crippen LogP contribution in [0.5, 0.6) is 0 Å². The van der Waals surface area contributed by atoms with Gasteiger partial charge in [0, 0.05) is 23.6 Å². The molecule has 2 rings (SSSR count). The smallest absolute Gasteiger partial charge is 0.326 e. The molecule has 1 aliphatic heterocycles. The number of aryl methyl sites for hydroxylation is 1. The van der Waals surface area contributed by atoms with E-state index in [4.69, 9.17) is 5.11 Å². The Morgan fingerprint density at radius 1 is 1.33 bits per heavy atom. The largest absolute Gasteiger partial charge is 0.480 e. The van der Waals surface area contributed by atoms with E-state index in [2.05, 4.69) is 31.2 Å². The first-order chi connectivity index (χ1) is 10.1. The van der Waals surface area contributed by atoms with Crippen molar-refractivity contribution in [3.05, 3.63) is 29.8 Å². The van der Waals surface area contributed by atoms with Crippen molar-refractivity contribution in [2.75, 3.05) is 12.3 Å². The van der Waals surface area contributed by atoms with Crippen LogP contribution in [0.25, 0.3) is 0 Å². The van der Waals surface area contributed by atoms with Gasteiger partial charge in [-0.1, -0.05) is 39.3 Å². The second kappa shape index (κ2) is 7.75. The lowest BCUT2D eigenvalue weighted by molar-refractivity contribution is -0.148. The van der Waals surface area contributed by atoms with E-state index in [1.807, 2.05) is 0 Å². The number of hydrogen-bond donors (Lipinski definition) is 1. The van der Waals surface area contributed by atoms with Crippen LogP contribution in [0.2, 0.25) is 0 Å². The first-order valence-electron chi connectivity index (χ1n) is 6.96. The predicted molar refractivity (Wildman–Crippen MR) is 86.5 cm³/mol. The molecule has 1 fully saturated rings. The Morgan fingerprint density at radius 3 is 2.71 bits per heavy atom. The normalized spacial score (nSPS) is 18.0. The zero-order chi connectivity index (χ0) is 15.2. The number of hydrogen-bond acceptors (Lipinski definition) is 4. The summed E-state index contributed by atoms with van der Waals surface area (Å²) in [7, 11) is 3.28. The molecule has 1 aromatic rings. The number of carbonyl (C=O) groups excluding carboxylic acids is 1. The zero-order valence-corrected chi connectivity index (χ0v) is 13.6. The summed E-state index contributed by atoms with van der Waals surface area (Å²) in [5, 5.41) is 9.07. The first-order valence-corrected chi connectivity index (χ1v) is 9.28. The standard InChI is InChI=1S/C15H19NO3S2/c1-11-4-6-12(7-5-11)21-20-10-8-14(17)16-9-2-3-13(16)15(18)19/h4-7,13H,2-3,8-10H2,1H3,(H,18,19)/t13-/m0/s1. The minimum atomic E-state index is -0.887. The van der Waals surface area contributed by atoms with Crippen LogP contribution in [0.3, 0.4) is 0 Å². The number of amides is 1. The molecule has 0 saturated carbocycles. The Hall–Kier alpha value is -1.14. The van der Waals surface area contributed by atoms with Crippen LogP contribution in [-0.2, 0) is 9.59 Å². The summed E-state index contributed by atoms with van der Waals surface area (Å²) in [6, 6.07) is 7.64. The molecule has 1 aliphatic rings. The number of aliphatic carboxylic acids is 1. The van der Waals surface area contributed by atoms with E-state index in [9.17, 15) is 9.59 Å². The summed E-state index contributed by atoms with van der Waals surface area (Å²) < 4.78 is 0. The number of likely N-dealkylation sites (tertiary alicyclic amines) is 1. The van der Waals surface area contributed by atoms with Crippen molar-refractivity contribution in [3.8, 4) is 0 Å². The van der Waals surface area contributed by atoms with E-state index in [1.54, 1.807) is 21.6 Å². The molecule has 0 aromatic heterocycles. The summed E-state index contributed by atoms with van der Waals surface area (Å²) in [5.41, 5.74) is 1.23. The maximum absolute atomic E-state index is 12.1. The molecule has 6 heteroatoms. The van der Waals surface area contributed by atoms with Gasteiger partial charge in [-0.05, 0) is 31.9 Å². The summed E-state index contributed by atoms with van der Waals surface area (Å²) in [6.07, 6.45) is 1.76. The van der Waals surface area contributed by atoms with Gasteiger partial charge in [0.1, 0.15) is 6.04 Å². The number of carbonyl (C=O) groups is 2. The van der Waals surface area contributed by atoms with Gasteiger partial charge in [-0.15, -0.1) is 0 Å². The molecular formula is C15H19NO3S2. The molecule has 21 heavy (non-hydrogen) atoms. The molecule has 0 radical (unpaired) electrons. The van der Waals surface area contributed by atoms with Crippen molar-refractivity contribution in [2.24, 2.45) is 0 Å². The number of carboxylic acid groups (broad SMARTS) is 1. The second-order valence-electron chi connectivity index (χ2n) is 5.05. The van der Waals surface area contributed by atoms with E-state index in [0.29, 0.717) is 25.1 Å². The van der Waals surface area contributed by atoms with Crippen LogP contribution in [0.15, 0.2) is 29.2 Å². The Kier molecular flexibility index (Phi) is 5.99. The Balaban J connectivity index is 1.72. The quantitative estimate of drug-likeness (QED) is 0.643. The van der Waals surface area contributed by atoms with Crippen LogP contribution in [0, 0.1) is 6.92 Å². The van der Waals surface area contributed by atoms with Gasteiger partial charge in [0.2, 0.25) is 5.91 Å². The highest BCUT2D eigenvalue weighted by molar-refractivity contribution is 8.76. The van der Waals surface area contributed by atoms with Gasteiger partial charge in [-0.3, -0.25) is 4.79 Å². The molecule has 1 atom stereocenters. The Labute approximate surface area is 132 Å². The molecule has 1 heterocycles. The molecule has 1 saturated heterocycles. The van der Waals surface area contributed by atoms with E-state index < -0.39 is 12.0 Å². The topological polar surface area (TPSA) is 57.6 Å². The molecule has 0 unspecified atom stereocenters. The third-order valence-electron chi connectivity index (χ3n) is 3.43. The molecule has 1 N–H and O–H groups in total. The monoisotopic (exact) mass is 325 g/mol. The van der Waals surface area contributed by atoms with Crippen LogP contribution >= 0.6 is 21.6 Å². The minimum Gasteiger partial charge on any atom is -0.480 e. The predicted octanol–water partition coefficient (Wildman–Crippen LogP) is 3.20. The maximum atomic E-state index is 12.1. The first kappa shape index (κ1) is 16.2. The molecule has 4 nitrogen and oxygen atoms in total. The fraction of sp³-hybridized carbons (Fsp3) is 0.467. The summed E-state index contributed by atoms with van der Waals surface area (Å²) in [6.45, 7) is 2.63. The number of benzene rings is 1. The Bertz CT molecular complexity index is 504. The van der Waals surface area contributed by atoms with Gasteiger partial charge in [0.15, 0.2) is 0 Å².